The average Bonchev–Trinajstić information content (AvgIpc) is 3.82. The van der Waals surface area contributed by atoms with Crippen LogP contribution in [0.2, 0.25) is 0 Å². The zero-order valence-corrected chi connectivity index (χ0v) is 31.9. The van der Waals surface area contributed by atoms with Crippen LogP contribution in [0.25, 0.3) is 0 Å². The smallest absolute Gasteiger partial charge is 0.289 e. The van der Waals surface area contributed by atoms with Crippen LogP contribution < -0.4 is 21.3 Å². The van der Waals surface area contributed by atoms with Crippen LogP contribution >= 0.6 is 0 Å². The number of Topliss-reactive ketones (excluding diaryl/α,β-unsaturated/α-hetero) is 1. The zero-order chi connectivity index (χ0) is 38.0. The Labute approximate surface area is 300 Å². The first-order valence-electron chi connectivity index (χ1n) is 18.4. The van der Waals surface area contributed by atoms with E-state index in [1.165, 1.54) is 70.0 Å². The van der Waals surface area contributed by atoms with E-state index in [1.54, 1.807) is 0 Å². The first-order valence-corrected chi connectivity index (χ1v) is 18.4. The summed E-state index contributed by atoms with van der Waals surface area (Å²) in [6.07, 6.45) is 19.9. The molecule has 5 amide bonds. The molecule has 1 saturated heterocycles. The maximum atomic E-state index is 12.9. The first-order chi connectivity index (χ1) is 23.8. The van der Waals surface area contributed by atoms with Crippen molar-refractivity contribution in [3.63, 3.8) is 0 Å². The van der Waals surface area contributed by atoms with Crippen LogP contribution in [0.1, 0.15) is 143 Å². The summed E-state index contributed by atoms with van der Waals surface area (Å²) in [6, 6.07) is -0.290. The molecule has 1 aromatic rings. The summed E-state index contributed by atoms with van der Waals surface area (Å²) >= 11 is 0. The molecule has 3 aliphatic rings. The number of carbonyl (C=O) groups is 6. The predicted molar refractivity (Wildman–Crippen MR) is 196 cm³/mol. The summed E-state index contributed by atoms with van der Waals surface area (Å²) in [6.45, 7) is 16.5. The van der Waals surface area contributed by atoms with Gasteiger partial charge in [-0.05, 0) is 38.0 Å². The lowest BCUT2D eigenvalue weighted by molar-refractivity contribution is -0.139. The number of nitrogens with zero attached hydrogens (tertiary/aromatic N) is 3. The van der Waals surface area contributed by atoms with E-state index >= 15 is 0 Å². The quantitative estimate of drug-likeness (QED) is 0.203. The second-order valence-electron chi connectivity index (χ2n) is 13.9. The van der Waals surface area contributed by atoms with Crippen LogP contribution in [0.5, 0.6) is 0 Å². The third-order valence-corrected chi connectivity index (χ3v) is 7.47. The van der Waals surface area contributed by atoms with Crippen molar-refractivity contribution in [1.29, 1.82) is 0 Å². The van der Waals surface area contributed by atoms with Gasteiger partial charge in [-0.1, -0.05) is 99.8 Å². The van der Waals surface area contributed by atoms with Gasteiger partial charge in [0, 0.05) is 31.0 Å². The summed E-state index contributed by atoms with van der Waals surface area (Å²) in [5.74, 6) is -2.18. The number of amides is 5. The molecule has 2 saturated carbocycles. The number of nitrogens with one attached hydrogen (secondary N) is 4. The standard InChI is InChI=1S/C18H27N5O3.C7H10N2O3.C6H12.2C3H8/c1-12-6-5-9-23(12)17(26)15(18(2,3)4)22-14(24)11-21-16(25)13-10-19-7-8-20-13;10-4-8-3-6(11)7(12)9-5-1-2-5;1-2-4-6-5-3-1;2*1-3-2/h7-8,10,12,15H,5-6,9,11H2,1-4H3,(H,21,25)(H,22,24);4-5H,1-3H2,(H,8,10)(H,9,12);1-6H2;2*3H2,1-2H3/t12-,15?;;;;/m1..../s1. The van der Waals surface area contributed by atoms with Gasteiger partial charge in [0.2, 0.25) is 24.0 Å². The van der Waals surface area contributed by atoms with Crippen LogP contribution in [-0.2, 0) is 24.0 Å². The molecule has 1 aromatic heterocycles. The molecule has 0 bridgehead atoms. The van der Waals surface area contributed by atoms with Gasteiger partial charge in [-0.3, -0.25) is 33.8 Å². The SMILES string of the molecule is C1CCCCC1.CCC.CCC.C[C@@H]1CCCN1C(=O)C(NC(=O)CNC(=O)c1cnccn1)C(C)(C)C.O=CNCC(=O)C(=O)NC1CC1. The van der Waals surface area contributed by atoms with Crippen molar-refractivity contribution in [2.75, 3.05) is 19.6 Å². The highest BCUT2D eigenvalue weighted by molar-refractivity contribution is 6.37. The molecule has 0 radical (unpaired) electrons. The zero-order valence-electron chi connectivity index (χ0n) is 31.9. The Bertz CT molecular complexity index is 1120. The molecule has 2 aliphatic carbocycles. The molecule has 4 N–H and O–H groups in total. The van der Waals surface area contributed by atoms with Crippen LogP contribution in [0.4, 0.5) is 0 Å². The minimum Gasteiger partial charge on any atom is -0.351 e. The van der Waals surface area contributed by atoms with Crippen LogP contribution in [0.3, 0.4) is 0 Å². The molecule has 2 atom stereocenters. The van der Waals surface area contributed by atoms with Gasteiger partial charge in [-0.2, -0.15) is 0 Å². The van der Waals surface area contributed by atoms with E-state index in [-0.39, 0.29) is 36.8 Å². The molecule has 3 fully saturated rings. The fourth-order valence-corrected chi connectivity index (χ4v) is 4.72. The second kappa shape index (κ2) is 26.9. The summed E-state index contributed by atoms with van der Waals surface area (Å²) in [5, 5.41) is 9.92. The van der Waals surface area contributed by atoms with Crippen molar-refractivity contribution in [3.05, 3.63) is 24.3 Å². The number of hydrogen-bond acceptors (Lipinski definition) is 8. The minimum absolute atomic E-state index is 0.0731. The minimum atomic E-state index is -0.649. The van der Waals surface area contributed by atoms with Crippen molar-refractivity contribution >= 4 is 35.8 Å². The van der Waals surface area contributed by atoms with Gasteiger partial charge in [-0.25, -0.2) is 4.98 Å². The average molecular weight is 704 g/mol. The van der Waals surface area contributed by atoms with Crippen molar-refractivity contribution in [2.45, 2.75) is 151 Å². The highest BCUT2D eigenvalue weighted by Crippen LogP contribution is 2.25. The Morgan fingerprint density at radius 1 is 0.880 bits per heavy atom. The molecule has 2 heterocycles. The summed E-state index contributed by atoms with van der Waals surface area (Å²) in [5.41, 5.74) is -0.307. The van der Waals surface area contributed by atoms with E-state index in [9.17, 15) is 28.8 Å². The van der Waals surface area contributed by atoms with Crippen molar-refractivity contribution in [2.24, 2.45) is 5.41 Å². The molecule has 0 aromatic carbocycles. The van der Waals surface area contributed by atoms with Gasteiger partial charge in [0.1, 0.15) is 11.7 Å². The number of aromatic nitrogens is 2. The number of likely N-dealkylation sites (tertiary alicyclic amines) is 1. The van der Waals surface area contributed by atoms with E-state index in [2.05, 4.69) is 58.9 Å². The number of hydrogen-bond donors (Lipinski definition) is 4. The van der Waals surface area contributed by atoms with Gasteiger partial charge < -0.3 is 26.2 Å². The highest BCUT2D eigenvalue weighted by Gasteiger charge is 2.38. The Balaban J connectivity index is 0.000000815. The molecule has 0 spiro atoms. The largest absolute Gasteiger partial charge is 0.351 e. The molecule has 284 valence electrons. The van der Waals surface area contributed by atoms with E-state index < -0.39 is 35.0 Å². The molecule has 4 rings (SSSR count). The van der Waals surface area contributed by atoms with E-state index in [0.717, 1.165) is 25.7 Å². The van der Waals surface area contributed by atoms with Crippen LogP contribution in [0.15, 0.2) is 18.6 Å². The van der Waals surface area contributed by atoms with Gasteiger partial charge in [0.15, 0.2) is 0 Å². The lowest BCUT2D eigenvalue weighted by Crippen LogP contribution is -2.56. The predicted octanol–water partition coefficient (Wildman–Crippen LogP) is 4.50. The third kappa shape index (κ3) is 21.2. The molecule has 1 aliphatic heterocycles. The van der Waals surface area contributed by atoms with Gasteiger partial charge >= 0.3 is 0 Å². The normalized spacial score (nSPS) is 16.7. The highest BCUT2D eigenvalue weighted by atomic mass is 16.2. The Kier molecular flexibility index (Phi) is 24.8. The Hall–Kier alpha value is -3.90. The molecule has 13 heteroatoms. The van der Waals surface area contributed by atoms with E-state index in [4.69, 9.17) is 0 Å². The lowest BCUT2D eigenvalue weighted by Gasteiger charge is -2.35. The van der Waals surface area contributed by atoms with Crippen molar-refractivity contribution in [1.82, 2.24) is 36.1 Å². The maximum Gasteiger partial charge on any atom is 0.289 e. The third-order valence-electron chi connectivity index (χ3n) is 7.47. The fraction of sp³-hybridized carbons (Fsp3) is 0.730. The maximum absolute atomic E-state index is 12.9. The van der Waals surface area contributed by atoms with Gasteiger partial charge in [0.25, 0.3) is 11.8 Å². The summed E-state index contributed by atoms with van der Waals surface area (Å²) in [7, 11) is 0. The van der Waals surface area contributed by atoms with Crippen LogP contribution in [-0.4, -0.2) is 88.4 Å². The van der Waals surface area contributed by atoms with E-state index in [0.29, 0.717) is 13.0 Å². The fourth-order valence-electron chi connectivity index (χ4n) is 4.72. The second-order valence-corrected chi connectivity index (χ2v) is 13.9. The number of carbonyl (C=O) groups excluding carboxylic acids is 6. The van der Waals surface area contributed by atoms with Gasteiger partial charge in [-0.15, -0.1) is 0 Å². The molecule has 50 heavy (non-hydrogen) atoms. The number of rotatable bonds is 10. The Morgan fingerprint density at radius 2 is 1.44 bits per heavy atom. The number of ketones is 1. The topological polar surface area (TPSA) is 180 Å². The lowest BCUT2D eigenvalue weighted by atomic mass is 9.85. The molecular formula is C37H65N7O6. The first kappa shape index (κ1) is 46.1. The van der Waals surface area contributed by atoms with Crippen molar-refractivity contribution in [3.8, 4) is 0 Å². The van der Waals surface area contributed by atoms with Crippen LogP contribution in [0, 0.1) is 5.41 Å². The molecule has 1 unspecified atom stereocenters. The van der Waals surface area contributed by atoms with Crippen molar-refractivity contribution < 1.29 is 28.8 Å². The monoisotopic (exact) mass is 703 g/mol. The Morgan fingerprint density at radius 3 is 1.86 bits per heavy atom. The summed E-state index contributed by atoms with van der Waals surface area (Å²) < 4.78 is 0. The molecule has 13 nitrogen and oxygen atoms in total. The molecular weight excluding hydrogens is 638 g/mol. The summed E-state index contributed by atoms with van der Waals surface area (Å²) in [4.78, 5) is 78.2. The van der Waals surface area contributed by atoms with Gasteiger partial charge in [0.05, 0.1) is 19.3 Å². The van der Waals surface area contributed by atoms with E-state index in [1.807, 2.05) is 32.6 Å².